The van der Waals surface area contributed by atoms with Crippen molar-refractivity contribution < 1.29 is 0 Å². The van der Waals surface area contributed by atoms with E-state index in [-0.39, 0.29) is 0 Å². The zero-order chi connectivity index (χ0) is 13.0. The number of hydrogen-bond donors (Lipinski definition) is 1. The van der Waals surface area contributed by atoms with E-state index in [1.165, 1.54) is 21.6 Å². The van der Waals surface area contributed by atoms with Crippen molar-refractivity contribution in [3.05, 3.63) is 57.3 Å². The Morgan fingerprint density at radius 2 is 1.83 bits per heavy atom. The largest absolute Gasteiger partial charge is 0.310 e. The monoisotopic (exact) mass is 259 g/mol. The molecule has 2 heteroatoms. The molecule has 0 radical (unpaired) electrons. The van der Waals surface area contributed by atoms with Crippen LogP contribution in [0.15, 0.2) is 35.7 Å². The molecule has 0 amide bonds. The van der Waals surface area contributed by atoms with Crippen molar-refractivity contribution >= 4 is 11.3 Å². The quantitative estimate of drug-likeness (QED) is 0.846. The van der Waals surface area contributed by atoms with Crippen molar-refractivity contribution in [1.29, 1.82) is 0 Å². The Balaban J connectivity index is 2.29. The molecule has 96 valence electrons. The van der Waals surface area contributed by atoms with Gasteiger partial charge in [-0.15, -0.1) is 11.3 Å². The van der Waals surface area contributed by atoms with Gasteiger partial charge in [-0.2, -0.15) is 0 Å². The number of aryl methyl sites for hydroxylation is 2. The summed E-state index contributed by atoms with van der Waals surface area (Å²) in [5.74, 6) is 0. The first-order chi connectivity index (χ1) is 8.72. The van der Waals surface area contributed by atoms with E-state index < -0.39 is 0 Å². The highest BCUT2D eigenvalue weighted by Gasteiger charge is 2.15. The molecule has 0 fully saturated rings. The van der Waals surface area contributed by atoms with Crippen LogP contribution in [0.2, 0.25) is 0 Å². The fourth-order valence-electron chi connectivity index (χ4n) is 2.53. The normalized spacial score (nSPS) is 12.6. The lowest BCUT2D eigenvalue weighted by molar-refractivity contribution is 0.548. The summed E-state index contributed by atoms with van der Waals surface area (Å²) in [5.41, 5.74) is 4.24. The van der Waals surface area contributed by atoms with Gasteiger partial charge in [-0.1, -0.05) is 31.2 Å². The molecule has 0 aliphatic rings. The topological polar surface area (TPSA) is 12.0 Å². The van der Waals surface area contributed by atoms with E-state index in [2.05, 4.69) is 61.8 Å². The van der Waals surface area contributed by atoms with E-state index in [0.29, 0.717) is 6.04 Å². The third kappa shape index (κ3) is 3.01. The summed E-state index contributed by atoms with van der Waals surface area (Å²) < 4.78 is 0. The summed E-state index contributed by atoms with van der Waals surface area (Å²) >= 11 is 1.84. The first kappa shape index (κ1) is 13.3. The van der Waals surface area contributed by atoms with Crippen LogP contribution < -0.4 is 5.32 Å². The van der Waals surface area contributed by atoms with Gasteiger partial charge in [0.2, 0.25) is 0 Å². The Labute approximate surface area is 114 Å². The fraction of sp³-hybridized carbons (Fsp3) is 0.375. The number of likely N-dealkylation sites (N-methyl/N-ethyl adjacent to an activating group) is 1. The van der Waals surface area contributed by atoms with Gasteiger partial charge < -0.3 is 5.32 Å². The molecule has 0 saturated heterocycles. The average Bonchev–Trinajstić information content (AvgIpc) is 2.82. The summed E-state index contributed by atoms with van der Waals surface area (Å²) in [7, 11) is 0. The molecular formula is C16H21NS. The maximum Gasteiger partial charge on any atom is 0.0373 e. The molecule has 0 spiro atoms. The van der Waals surface area contributed by atoms with E-state index in [9.17, 15) is 0 Å². The van der Waals surface area contributed by atoms with Gasteiger partial charge in [0, 0.05) is 17.3 Å². The summed E-state index contributed by atoms with van der Waals surface area (Å²) in [5, 5.41) is 5.78. The van der Waals surface area contributed by atoms with Crippen LogP contribution >= 0.6 is 11.3 Å². The van der Waals surface area contributed by atoms with Crippen LogP contribution in [-0.4, -0.2) is 6.54 Å². The van der Waals surface area contributed by atoms with Gasteiger partial charge in [0.1, 0.15) is 0 Å². The number of nitrogens with one attached hydrogen (secondary N) is 1. The molecule has 1 unspecified atom stereocenters. The van der Waals surface area contributed by atoms with Crippen molar-refractivity contribution in [3.63, 3.8) is 0 Å². The van der Waals surface area contributed by atoms with Crippen LogP contribution in [0.25, 0.3) is 0 Å². The molecule has 1 heterocycles. The molecule has 0 aliphatic heterocycles. The van der Waals surface area contributed by atoms with Crippen LogP contribution in [0.1, 0.15) is 34.5 Å². The van der Waals surface area contributed by atoms with E-state index in [1.807, 2.05) is 11.3 Å². The molecule has 1 N–H and O–H groups in total. The molecular weight excluding hydrogens is 238 g/mol. The predicted octanol–water partition coefficient (Wildman–Crippen LogP) is 4.26. The lowest BCUT2D eigenvalue weighted by atomic mass is 9.93. The Morgan fingerprint density at radius 3 is 2.39 bits per heavy atom. The average molecular weight is 259 g/mol. The van der Waals surface area contributed by atoms with Crippen molar-refractivity contribution in [2.75, 3.05) is 6.54 Å². The highest BCUT2D eigenvalue weighted by molar-refractivity contribution is 7.09. The Kier molecular flexibility index (Phi) is 4.56. The van der Waals surface area contributed by atoms with Gasteiger partial charge in [-0.25, -0.2) is 0 Å². The van der Waals surface area contributed by atoms with Crippen LogP contribution in [0.3, 0.4) is 0 Å². The molecule has 1 atom stereocenters. The molecule has 0 saturated carbocycles. The molecule has 2 aromatic rings. The lowest BCUT2D eigenvalue weighted by Gasteiger charge is -2.22. The fourth-order valence-corrected chi connectivity index (χ4v) is 3.28. The maximum atomic E-state index is 3.63. The Bertz CT molecular complexity index is 468. The van der Waals surface area contributed by atoms with Crippen molar-refractivity contribution in [2.24, 2.45) is 0 Å². The van der Waals surface area contributed by atoms with Gasteiger partial charge in [0.05, 0.1) is 0 Å². The molecule has 1 nitrogen and oxygen atoms in total. The summed E-state index contributed by atoms with van der Waals surface area (Å²) in [6, 6.07) is 11.3. The minimum absolute atomic E-state index is 0.426. The van der Waals surface area contributed by atoms with Gasteiger partial charge in [-0.05, 0) is 48.5 Å². The third-order valence-corrected chi connectivity index (χ3v) is 4.23. The Morgan fingerprint density at radius 1 is 1.11 bits per heavy atom. The van der Waals surface area contributed by atoms with Crippen LogP contribution in [0.5, 0.6) is 0 Å². The first-order valence-corrected chi connectivity index (χ1v) is 7.42. The third-order valence-electron chi connectivity index (χ3n) is 3.33. The molecule has 1 aromatic heterocycles. The van der Waals surface area contributed by atoms with Gasteiger partial charge in [0.15, 0.2) is 0 Å². The van der Waals surface area contributed by atoms with Gasteiger partial charge in [-0.3, -0.25) is 0 Å². The second-order valence-corrected chi connectivity index (χ2v) is 5.73. The summed E-state index contributed by atoms with van der Waals surface area (Å²) in [6.45, 7) is 7.60. The highest BCUT2D eigenvalue weighted by Crippen LogP contribution is 2.26. The van der Waals surface area contributed by atoms with Gasteiger partial charge in [0.25, 0.3) is 0 Å². The minimum Gasteiger partial charge on any atom is -0.310 e. The number of benzene rings is 1. The number of hydrogen-bond acceptors (Lipinski definition) is 2. The summed E-state index contributed by atoms with van der Waals surface area (Å²) in [4.78, 5) is 1.45. The highest BCUT2D eigenvalue weighted by atomic mass is 32.1. The van der Waals surface area contributed by atoms with E-state index >= 15 is 0 Å². The SMILES string of the molecule is CCNC(Cc1cccs1)c1c(C)cccc1C. The second kappa shape index (κ2) is 6.17. The van der Waals surface area contributed by atoms with Crippen LogP contribution in [0.4, 0.5) is 0 Å². The van der Waals surface area contributed by atoms with Crippen molar-refractivity contribution in [3.8, 4) is 0 Å². The first-order valence-electron chi connectivity index (χ1n) is 6.54. The molecule has 1 aromatic carbocycles. The zero-order valence-corrected chi connectivity index (χ0v) is 12.2. The molecule has 0 bridgehead atoms. The van der Waals surface area contributed by atoms with Crippen LogP contribution in [-0.2, 0) is 6.42 Å². The standard InChI is InChI=1S/C16H21NS/c1-4-17-15(11-14-9-6-10-18-14)16-12(2)7-5-8-13(16)3/h5-10,15,17H,4,11H2,1-3H3. The lowest BCUT2D eigenvalue weighted by Crippen LogP contribution is -2.24. The van der Waals surface area contributed by atoms with Crippen molar-refractivity contribution in [1.82, 2.24) is 5.32 Å². The van der Waals surface area contributed by atoms with Crippen molar-refractivity contribution in [2.45, 2.75) is 33.2 Å². The molecule has 2 rings (SSSR count). The van der Waals surface area contributed by atoms with E-state index in [1.54, 1.807) is 0 Å². The van der Waals surface area contributed by atoms with Crippen LogP contribution in [0, 0.1) is 13.8 Å². The number of thiophene rings is 1. The van der Waals surface area contributed by atoms with Gasteiger partial charge >= 0.3 is 0 Å². The summed E-state index contributed by atoms with van der Waals surface area (Å²) in [6.07, 6.45) is 1.08. The van der Waals surface area contributed by atoms with E-state index in [4.69, 9.17) is 0 Å². The molecule has 0 aliphatic carbocycles. The smallest absolute Gasteiger partial charge is 0.0373 e. The van der Waals surface area contributed by atoms with E-state index in [0.717, 1.165) is 13.0 Å². The zero-order valence-electron chi connectivity index (χ0n) is 11.4. The predicted molar refractivity (Wildman–Crippen MR) is 80.4 cm³/mol. The minimum atomic E-state index is 0.426. The second-order valence-electron chi connectivity index (χ2n) is 4.70. The molecule has 18 heavy (non-hydrogen) atoms. The number of rotatable bonds is 5. The maximum absolute atomic E-state index is 3.63. The Hall–Kier alpha value is -1.12.